The third-order valence-electron chi connectivity index (χ3n) is 1.83. The van der Waals surface area contributed by atoms with Crippen LogP contribution >= 0.6 is 12.2 Å². The second kappa shape index (κ2) is 5.88. The van der Waals surface area contributed by atoms with Crippen LogP contribution in [0.3, 0.4) is 0 Å². The first-order valence-corrected chi connectivity index (χ1v) is 4.71. The van der Waals surface area contributed by atoms with Crippen molar-refractivity contribution in [2.75, 3.05) is 13.1 Å². The van der Waals surface area contributed by atoms with Gasteiger partial charge in [0.25, 0.3) is 0 Å². The van der Waals surface area contributed by atoms with Gasteiger partial charge in [-0.25, -0.2) is 0 Å². The molecule has 0 bridgehead atoms. The average Bonchev–Trinajstić information content (AvgIpc) is 2.01. The van der Waals surface area contributed by atoms with E-state index in [9.17, 15) is 4.79 Å². The van der Waals surface area contributed by atoms with Crippen molar-refractivity contribution in [2.24, 2.45) is 11.5 Å². The lowest BCUT2D eigenvalue weighted by Gasteiger charge is -2.25. The number of rotatable bonds is 6. The Labute approximate surface area is 84.3 Å². The highest BCUT2D eigenvalue weighted by atomic mass is 32.1. The number of thiocarbonyl (C=S) groups is 1. The third-order valence-corrected chi connectivity index (χ3v) is 1.96. The maximum Gasteiger partial charge on any atom is 0.234 e. The van der Waals surface area contributed by atoms with Gasteiger partial charge in [-0.2, -0.15) is 0 Å². The van der Waals surface area contributed by atoms with Gasteiger partial charge in [-0.05, 0) is 19.9 Å². The molecule has 0 spiro atoms. The normalized spacial score (nSPS) is 12.8. The molecule has 0 aliphatic carbocycles. The zero-order chi connectivity index (χ0) is 10.4. The predicted molar refractivity (Wildman–Crippen MR) is 57.3 cm³/mol. The summed E-state index contributed by atoms with van der Waals surface area (Å²) in [5.41, 5.74) is 10.6. The van der Waals surface area contributed by atoms with E-state index in [4.69, 9.17) is 23.7 Å². The van der Waals surface area contributed by atoms with Crippen molar-refractivity contribution in [3.05, 3.63) is 0 Å². The van der Waals surface area contributed by atoms with Crippen molar-refractivity contribution in [2.45, 2.75) is 26.3 Å². The van der Waals surface area contributed by atoms with Crippen molar-refractivity contribution < 1.29 is 4.79 Å². The highest BCUT2D eigenvalue weighted by molar-refractivity contribution is 7.80. The summed E-state index contributed by atoms with van der Waals surface area (Å²) in [6, 6.07) is -0.304. The summed E-state index contributed by atoms with van der Waals surface area (Å²) in [6.07, 6.45) is 0.945. The van der Waals surface area contributed by atoms with Crippen molar-refractivity contribution in [1.29, 1.82) is 0 Å². The molecule has 5 heteroatoms. The van der Waals surface area contributed by atoms with Crippen molar-refractivity contribution in [1.82, 2.24) is 4.90 Å². The van der Waals surface area contributed by atoms with Crippen LogP contribution in [0.5, 0.6) is 0 Å². The number of primary amides is 1. The monoisotopic (exact) mass is 203 g/mol. The van der Waals surface area contributed by atoms with Crippen LogP contribution in [0.4, 0.5) is 0 Å². The molecule has 0 rings (SSSR count). The Morgan fingerprint density at radius 2 is 2.08 bits per heavy atom. The van der Waals surface area contributed by atoms with Gasteiger partial charge in [0.2, 0.25) is 5.91 Å². The van der Waals surface area contributed by atoms with E-state index >= 15 is 0 Å². The van der Waals surface area contributed by atoms with Crippen LogP contribution < -0.4 is 11.5 Å². The molecule has 1 amide bonds. The molecule has 0 saturated carbocycles. The molecule has 0 aromatic carbocycles. The van der Waals surface area contributed by atoms with E-state index in [0.29, 0.717) is 11.5 Å². The maximum atomic E-state index is 10.9. The van der Waals surface area contributed by atoms with E-state index in [1.807, 2.05) is 11.8 Å². The number of hydrogen-bond donors (Lipinski definition) is 2. The van der Waals surface area contributed by atoms with Gasteiger partial charge in [0.1, 0.15) is 0 Å². The number of hydrogen-bond acceptors (Lipinski definition) is 3. The van der Waals surface area contributed by atoms with Gasteiger partial charge in [-0.1, -0.05) is 19.1 Å². The lowest BCUT2D eigenvalue weighted by molar-refractivity contribution is -0.122. The van der Waals surface area contributed by atoms with Crippen molar-refractivity contribution in [3.8, 4) is 0 Å². The Morgan fingerprint density at radius 3 is 2.38 bits per heavy atom. The number of carbonyl (C=O) groups excluding carboxylic acids is 1. The number of nitrogens with zero attached hydrogens (tertiary/aromatic N) is 1. The summed E-state index contributed by atoms with van der Waals surface area (Å²) < 4.78 is 0. The van der Waals surface area contributed by atoms with Crippen LogP contribution in [0.15, 0.2) is 0 Å². The Hall–Kier alpha value is -0.680. The van der Waals surface area contributed by atoms with E-state index in [0.717, 1.165) is 13.0 Å². The second-order valence-corrected chi connectivity index (χ2v) is 3.54. The first-order chi connectivity index (χ1) is 5.99. The predicted octanol–water partition coefficient (Wildman–Crippen LogP) is -0.142. The average molecular weight is 203 g/mol. The topological polar surface area (TPSA) is 72.3 Å². The number of carbonyl (C=O) groups is 1. The largest absolute Gasteiger partial charge is 0.392 e. The summed E-state index contributed by atoms with van der Waals surface area (Å²) in [5, 5.41) is 0. The first-order valence-electron chi connectivity index (χ1n) is 4.30. The SMILES string of the molecule is CCCN(CC(N)=S)C(C)C(N)=O. The molecule has 0 aliphatic heterocycles. The molecule has 1 atom stereocenters. The van der Waals surface area contributed by atoms with E-state index < -0.39 is 0 Å². The molecule has 0 aromatic heterocycles. The van der Waals surface area contributed by atoms with Crippen LogP contribution in [0, 0.1) is 0 Å². The Bertz CT molecular complexity index is 196. The molecule has 76 valence electrons. The lowest BCUT2D eigenvalue weighted by atomic mass is 10.2. The minimum absolute atomic E-state index is 0.304. The Morgan fingerprint density at radius 1 is 1.54 bits per heavy atom. The van der Waals surface area contributed by atoms with Gasteiger partial charge in [0, 0.05) is 6.54 Å². The summed E-state index contributed by atoms with van der Waals surface area (Å²) in [6.45, 7) is 5.02. The van der Waals surface area contributed by atoms with Gasteiger partial charge < -0.3 is 11.5 Å². The molecule has 1 unspecified atom stereocenters. The van der Waals surface area contributed by atoms with E-state index in [2.05, 4.69) is 0 Å². The highest BCUT2D eigenvalue weighted by Gasteiger charge is 2.18. The Kier molecular flexibility index (Phi) is 5.57. The zero-order valence-electron chi connectivity index (χ0n) is 8.12. The minimum atomic E-state index is -0.343. The van der Waals surface area contributed by atoms with Gasteiger partial charge in [0.15, 0.2) is 0 Å². The zero-order valence-corrected chi connectivity index (χ0v) is 8.93. The van der Waals surface area contributed by atoms with Gasteiger partial charge in [0.05, 0.1) is 11.0 Å². The molecule has 0 aliphatic rings. The van der Waals surface area contributed by atoms with Gasteiger partial charge in [-0.15, -0.1) is 0 Å². The van der Waals surface area contributed by atoms with Crippen molar-refractivity contribution in [3.63, 3.8) is 0 Å². The highest BCUT2D eigenvalue weighted by Crippen LogP contribution is 1.99. The van der Waals surface area contributed by atoms with E-state index in [1.165, 1.54) is 0 Å². The molecule has 0 fully saturated rings. The fourth-order valence-corrected chi connectivity index (χ4v) is 1.24. The summed E-state index contributed by atoms with van der Waals surface area (Å²) in [4.78, 5) is 13.2. The number of nitrogens with two attached hydrogens (primary N) is 2. The second-order valence-electron chi connectivity index (χ2n) is 3.02. The fraction of sp³-hybridized carbons (Fsp3) is 0.750. The molecular formula is C8H17N3OS. The molecule has 13 heavy (non-hydrogen) atoms. The maximum absolute atomic E-state index is 10.9. The summed E-state index contributed by atoms with van der Waals surface area (Å²) in [5.74, 6) is -0.343. The fourth-order valence-electron chi connectivity index (χ4n) is 1.08. The molecule has 0 heterocycles. The van der Waals surface area contributed by atoms with E-state index in [-0.39, 0.29) is 11.9 Å². The van der Waals surface area contributed by atoms with Crippen LogP contribution in [0.2, 0.25) is 0 Å². The number of amides is 1. The quantitative estimate of drug-likeness (QED) is 0.589. The molecule has 0 saturated heterocycles. The third kappa shape index (κ3) is 4.80. The van der Waals surface area contributed by atoms with Gasteiger partial charge >= 0.3 is 0 Å². The molecule has 0 radical (unpaired) electrons. The summed E-state index contributed by atoms with van der Waals surface area (Å²) in [7, 11) is 0. The van der Waals surface area contributed by atoms with Crippen molar-refractivity contribution >= 4 is 23.1 Å². The smallest absolute Gasteiger partial charge is 0.234 e. The van der Waals surface area contributed by atoms with Gasteiger partial charge in [-0.3, -0.25) is 9.69 Å². The molecular weight excluding hydrogens is 186 g/mol. The Balaban J connectivity index is 4.22. The standard InChI is InChI=1S/C8H17N3OS/c1-3-4-11(5-7(9)13)6(2)8(10)12/h6H,3-5H2,1-2H3,(H2,9,13)(H2,10,12). The van der Waals surface area contributed by atoms with Crippen LogP contribution in [0.1, 0.15) is 20.3 Å². The summed E-state index contributed by atoms with van der Waals surface area (Å²) >= 11 is 4.78. The van der Waals surface area contributed by atoms with E-state index in [1.54, 1.807) is 6.92 Å². The molecule has 4 nitrogen and oxygen atoms in total. The lowest BCUT2D eigenvalue weighted by Crippen LogP contribution is -2.46. The first kappa shape index (κ1) is 12.3. The minimum Gasteiger partial charge on any atom is -0.392 e. The molecule has 0 aromatic rings. The van der Waals surface area contributed by atoms with Crippen LogP contribution in [-0.4, -0.2) is 34.9 Å². The molecule has 4 N–H and O–H groups in total. The van der Waals surface area contributed by atoms with Crippen LogP contribution in [0.25, 0.3) is 0 Å². The van der Waals surface area contributed by atoms with Crippen LogP contribution in [-0.2, 0) is 4.79 Å².